The van der Waals surface area contributed by atoms with E-state index < -0.39 is 0 Å². The summed E-state index contributed by atoms with van der Waals surface area (Å²) >= 11 is 0. The first kappa shape index (κ1) is 12.3. The Labute approximate surface area is 101 Å². The third-order valence-corrected chi connectivity index (χ3v) is 3.01. The van der Waals surface area contributed by atoms with Crippen molar-refractivity contribution < 1.29 is 9.15 Å². The average molecular weight is 240 g/mol. The molecule has 1 aliphatic heterocycles. The molecule has 2 rings (SSSR count). The highest BCUT2D eigenvalue weighted by atomic mass is 16.5. The monoisotopic (exact) mass is 240 g/mol. The molecule has 6 nitrogen and oxygen atoms in total. The molecule has 1 aliphatic rings. The Bertz CT molecular complexity index is 336. The van der Waals surface area contributed by atoms with Crippen LogP contribution in [0.4, 0.5) is 6.01 Å². The highest BCUT2D eigenvalue weighted by Crippen LogP contribution is 2.16. The van der Waals surface area contributed by atoms with E-state index in [4.69, 9.17) is 9.15 Å². The van der Waals surface area contributed by atoms with Gasteiger partial charge in [0.1, 0.15) is 0 Å². The van der Waals surface area contributed by atoms with E-state index in [-0.39, 0.29) is 6.04 Å². The van der Waals surface area contributed by atoms with Crippen LogP contribution in [0, 0.1) is 0 Å². The molecule has 2 atom stereocenters. The molecule has 17 heavy (non-hydrogen) atoms. The maximum Gasteiger partial charge on any atom is 0.315 e. The molecule has 0 aliphatic carbocycles. The highest BCUT2D eigenvalue weighted by molar-refractivity contribution is 5.17. The minimum absolute atomic E-state index is 0.0798. The van der Waals surface area contributed by atoms with Gasteiger partial charge in [0, 0.05) is 13.2 Å². The van der Waals surface area contributed by atoms with Gasteiger partial charge in [-0.25, -0.2) is 0 Å². The van der Waals surface area contributed by atoms with E-state index in [2.05, 4.69) is 20.8 Å². The number of nitrogens with one attached hydrogen (secondary N) is 2. The zero-order valence-corrected chi connectivity index (χ0v) is 10.4. The lowest BCUT2D eigenvalue weighted by Gasteiger charge is -2.08. The first-order valence-electron chi connectivity index (χ1n) is 6.15. The van der Waals surface area contributed by atoms with E-state index in [1.54, 1.807) is 0 Å². The smallest absolute Gasteiger partial charge is 0.315 e. The van der Waals surface area contributed by atoms with E-state index >= 15 is 0 Å². The largest absolute Gasteiger partial charge is 0.406 e. The first-order valence-corrected chi connectivity index (χ1v) is 6.15. The summed E-state index contributed by atoms with van der Waals surface area (Å²) in [5, 5.41) is 14.1. The summed E-state index contributed by atoms with van der Waals surface area (Å²) in [6.07, 6.45) is 3.71. The maximum absolute atomic E-state index is 5.54. The van der Waals surface area contributed by atoms with Crippen molar-refractivity contribution in [2.24, 2.45) is 0 Å². The summed E-state index contributed by atoms with van der Waals surface area (Å²) in [6.45, 7) is 3.68. The SMILES string of the molecule is CNC(C)c1nnc(NCCC2CCCO2)o1. The lowest BCUT2D eigenvalue weighted by atomic mass is 10.2. The van der Waals surface area contributed by atoms with Gasteiger partial charge in [0.15, 0.2) is 0 Å². The van der Waals surface area contributed by atoms with E-state index in [1.807, 2.05) is 14.0 Å². The van der Waals surface area contributed by atoms with Crippen LogP contribution in [-0.4, -0.2) is 36.5 Å². The van der Waals surface area contributed by atoms with Crippen LogP contribution in [0.25, 0.3) is 0 Å². The number of aromatic nitrogens is 2. The summed E-state index contributed by atoms with van der Waals surface area (Å²) in [5.74, 6) is 0.604. The zero-order chi connectivity index (χ0) is 12.1. The van der Waals surface area contributed by atoms with Crippen molar-refractivity contribution in [1.29, 1.82) is 0 Å². The van der Waals surface area contributed by atoms with Gasteiger partial charge in [0.05, 0.1) is 12.1 Å². The van der Waals surface area contributed by atoms with E-state index in [0.717, 1.165) is 26.0 Å². The molecule has 1 aromatic heterocycles. The standard InChI is InChI=1S/C11H20N4O2/c1-8(12-2)10-14-15-11(17-10)13-6-5-9-4-3-7-16-9/h8-9,12H,3-7H2,1-2H3,(H,13,15). The predicted octanol–water partition coefficient (Wildman–Crippen LogP) is 1.33. The fourth-order valence-electron chi connectivity index (χ4n) is 1.82. The second-order valence-corrected chi connectivity index (χ2v) is 4.31. The number of hydrogen-bond donors (Lipinski definition) is 2. The molecule has 2 unspecified atom stereocenters. The van der Waals surface area contributed by atoms with Gasteiger partial charge in [-0.2, -0.15) is 0 Å². The number of nitrogens with zero attached hydrogens (tertiary/aromatic N) is 2. The van der Waals surface area contributed by atoms with Crippen molar-refractivity contribution in [2.45, 2.75) is 38.3 Å². The molecule has 0 bridgehead atoms. The van der Waals surface area contributed by atoms with Crippen LogP contribution < -0.4 is 10.6 Å². The molecule has 0 amide bonds. The minimum atomic E-state index is 0.0798. The second kappa shape index (κ2) is 5.97. The van der Waals surface area contributed by atoms with E-state index in [1.165, 1.54) is 6.42 Å². The zero-order valence-electron chi connectivity index (χ0n) is 10.4. The predicted molar refractivity (Wildman–Crippen MR) is 63.9 cm³/mol. The summed E-state index contributed by atoms with van der Waals surface area (Å²) in [6, 6.07) is 0.566. The van der Waals surface area contributed by atoms with Gasteiger partial charge in [0.2, 0.25) is 5.89 Å². The Morgan fingerprint density at radius 2 is 2.35 bits per heavy atom. The van der Waals surface area contributed by atoms with Gasteiger partial charge in [-0.1, -0.05) is 5.10 Å². The van der Waals surface area contributed by atoms with Gasteiger partial charge in [-0.05, 0) is 33.2 Å². The molecule has 2 heterocycles. The van der Waals surface area contributed by atoms with Gasteiger partial charge >= 0.3 is 6.01 Å². The summed E-state index contributed by atoms with van der Waals surface area (Å²) in [4.78, 5) is 0. The number of hydrogen-bond acceptors (Lipinski definition) is 6. The van der Waals surface area contributed by atoms with Crippen molar-refractivity contribution >= 4 is 6.01 Å². The summed E-state index contributed by atoms with van der Waals surface area (Å²) < 4.78 is 11.0. The van der Waals surface area contributed by atoms with Crippen LogP contribution in [0.5, 0.6) is 0 Å². The second-order valence-electron chi connectivity index (χ2n) is 4.31. The summed E-state index contributed by atoms with van der Waals surface area (Å²) in [5.41, 5.74) is 0. The normalized spacial score (nSPS) is 21.6. The van der Waals surface area contributed by atoms with Crippen LogP contribution in [-0.2, 0) is 4.74 Å². The molecule has 0 aromatic carbocycles. The van der Waals surface area contributed by atoms with Crippen LogP contribution in [0.3, 0.4) is 0 Å². The van der Waals surface area contributed by atoms with Crippen LogP contribution in [0.2, 0.25) is 0 Å². The van der Waals surface area contributed by atoms with E-state index in [9.17, 15) is 0 Å². The number of rotatable bonds is 6. The molecule has 2 N–H and O–H groups in total. The third kappa shape index (κ3) is 3.41. The quantitative estimate of drug-likeness (QED) is 0.781. The lowest BCUT2D eigenvalue weighted by molar-refractivity contribution is 0.107. The van der Waals surface area contributed by atoms with Crippen molar-refractivity contribution in [2.75, 3.05) is 25.5 Å². The van der Waals surface area contributed by atoms with Crippen molar-refractivity contribution in [3.63, 3.8) is 0 Å². The molecule has 1 aromatic rings. The summed E-state index contributed by atoms with van der Waals surface area (Å²) in [7, 11) is 1.86. The van der Waals surface area contributed by atoms with Crippen molar-refractivity contribution in [1.82, 2.24) is 15.5 Å². The Balaban J connectivity index is 1.73. The highest BCUT2D eigenvalue weighted by Gasteiger charge is 2.16. The number of anilines is 1. The Morgan fingerprint density at radius 1 is 1.47 bits per heavy atom. The number of ether oxygens (including phenoxy) is 1. The molecule has 0 spiro atoms. The van der Waals surface area contributed by atoms with Gasteiger partial charge in [-0.3, -0.25) is 0 Å². The minimum Gasteiger partial charge on any atom is -0.406 e. The van der Waals surface area contributed by atoms with Crippen molar-refractivity contribution in [3.05, 3.63) is 5.89 Å². The molecule has 0 saturated carbocycles. The topological polar surface area (TPSA) is 72.2 Å². The molecule has 0 radical (unpaired) electrons. The maximum atomic E-state index is 5.54. The first-order chi connectivity index (χ1) is 8.29. The third-order valence-electron chi connectivity index (χ3n) is 3.01. The Kier molecular flexibility index (Phi) is 4.33. The fraction of sp³-hybridized carbons (Fsp3) is 0.818. The lowest BCUT2D eigenvalue weighted by Crippen LogP contribution is -2.13. The molecular formula is C11H20N4O2. The molecule has 1 saturated heterocycles. The molecule has 96 valence electrons. The van der Waals surface area contributed by atoms with Gasteiger partial charge in [0.25, 0.3) is 0 Å². The van der Waals surface area contributed by atoms with Gasteiger partial charge < -0.3 is 19.8 Å². The fourth-order valence-corrected chi connectivity index (χ4v) is 1.82. The molecular weight excluding hydrogens is 220 g/mol. The van der Waals surface area contributed by atoms with Gasteiger partial charge in [-0.15, -0.1) is 5.10 Å². The van der Waals surface area contributed by atoms with Crippen molar-refractivity contribution in [3.8, 4) is 0 Å². The van der Waals surface area contributed by atoms with Crippen LogP contribution in [0.15, 0.2) is 4.42 Å². The molecule has 1 fully saturated rings. The van der Waals surface area contributed by atoms with E-state index in [0.29, 0.717) is 18.0 Å². The Morgan fingerprint density at radius 3 is 3.06 bits per heavy atom. The molecule has 6 heteroatoms. The van der Waals surface area contributed by atoms with Crippen LogP contribution >= 0.6 is 0 Å². The Hall–Kier alpha value is -1.14. The van der Waals surface area contributed by atoms with Crippen LogP contribution in [0.1, 0.15) is 38.1 Å². The average Bonchev–Trinajstić information content (AvgIpc) is 2.99.